The Kier molecular flexibility index (Phi) is 5.27. The number of nitrogens with zero attached hydrogens (tertiary/aromatic N) is 2. The van der Waals surface area contributed by atoms with E-state index in [0.717, 1.165) is 5.56 Å². The minimum atomic E-state index is -3.82. The molecule has 0 aliphatic rings. The van der Waals surface area contributed by atoms with Gasteiger partial charge in [0.2, 0.25) is 0 Å². The summed E-state index contributed by atoms with van der Waals surface area (Å²) >= 11 is 0. The van der Waals surface area contributed by atoms with Gasteiger partial charge in [-0.1, -0.05) is 12.1 Å². The van der Waals surface area contributed by atoms with Gasteiger partial charge in [0.15, 0.2) is 0 Å². The smallest absolute Gasteiger partial charge is 0.355 e. The van der Waals surface area contributed by atoms with E-state index in [0.29, 0.717) is 16.9 Å². The van der Waals surface area contributed by atoms with E-state index in [9.17, 15) is 13.2 Å². The first-order chi connectivity index (χ1) is 11.6. The average Bonchev–Trinajstić information content (AvgIpc) is 2.76. The molecule has 0 atom stereocenters. The fraction of sp³-hybridized carbons (Fsp3) is 0.389. The molecule has 25 heavy (non-hydrogen) atoms. The van der Waals surface area contributed by atoms with Crippen LogP contribution in [0.3, 0.4) is 0 Å². The number of aromatic nitrogens is 1. The summed E-state index contributed by atoms with van der Waals surface area (Å²) in [4.78, 5) is 12.4. The molecule has 1 aromatic heterocycles. The van der Waals surface area contributed by atoms with Gasteiger partial charge in [-0.25, -0.2) is 13.2 Å². The van der Waals surface area contributed by atoms with Crippen molar-refractivity contribution in [1.82, 2.24) is 4.57 Å². The standard InChI is InChI=1S/C18H24N2O4S/c1-7-24-18(21)16-13(3)17(14(4)19(16)5)25(22,23)20(6)15-10-8-9-12(2)11-15/h8-11H,7H2,1-6H3. The maximum atomic E-state index is 13.2. The maximum Gasteiger partial charge on any atom is 0.355 e. The van der Waals surface area contributed by atoms with Crippen LogP contribution in [0.25, 0.3) is 0 Å². The normalized spacial score (nSPS) is 11.4. The number of carbonyl (C=O) groups is 1. The van der Waals surface area contributed by atoms with Crippen molar-refractivity contribution < 1.29 is 17.9 Å². The number of carbonyl (C=O) groups excluding carboxylic acids is 1. The molecule has 0 bridgehead atoms. The molecule has 0 saturated carbocycles. The molecule has 0 aliphatic heterocycles. The minimum Gasteiger partial charge on any atom is -0.461 e. The molecule has 0 saturated heterocycles. The van der Waals surface area contributed by atoms with E-state index in [4.69, 9.17) is 4.74 Å². The average molecular weight is 364 g/mol. The molecule has 0 fully saturated rings. The van der Waals surface area contributed by atoms with Crippen LogP contribution < -0.4 is 4.31 Å². The molecule has 0 aliphatic carbocycles. The molecule has 1 heterocycles. The summed E-state index contributed by atoms with van der Waals surface area (Å²) in [6.07, 6.45) is 0. The summed E-state index contributed by atoms with van der Waals surface area (Å²) in [5.74, 6) is -0.523. The fourth-order valence-corrected chi connectivity index (χ4v) is 4.58. The minimum absolute atomic E-state index is 0.141. The lowest BCUT2D eigenvalue weighted by molar-refractivity contribution is 0.0514. The maximum absolute atomic E-state index is 13.2. The van der Waals surface area contributed by atoms with E-state index in [1.807, 2.05) is 19.1 Å². The van der Waals surface area contributed by atoms with Crippen LogP contribution in [0.1, 0.15) is 34.2 Å². The number of benzene rings is 1. The lowest BCUT2D eigenvalue weighted by Crippen LogP contribution is -2.27. The number of rotatable bonds is 5. The van der Waals surface area contributed by atoms with Gasteiger partial charge in [-0.15, -0.1) is 0 Å². The third-order valence-electron chi connectivity index (χ3n) is 4.32. The van der Waals surface area contributed by atoms with Crippen LogP contribution in [0.5, 0.6) is 0 Å². The van der Waals surface area contributed by atoms with Crippen molar-refractivity contribution >= 4 is 21.7 Å². The van der Waals surface area contributed by atoms with Crippen LogP contribution in [0, 0.1) is 20.8 Å². The Bertz CT molecular complexity index is 913. The molecule has 0 radical (unpaired) electrons. The molecular weight excluding hydrogens is 340 g/mol. The molecule has 136 valence electrons. The highest BCUT2D eigenvalue weighted by molar-refractivity contribution is 7.93. The number of ether oxygens (including phenoxy) is 1. The third-order valence-corrected chi connectivity index (χ3v) is 6.36. The highest BCUT2D eigenvalue weighted by Crippen LogP contribution is 2.31. The molecule has 2 rings (SSSR count). The van der Waals surface area contributed by atoms with Crippen LogP contribution >= 0.6 is 0 Å². The third kappa shape index (κ3) is 3.28. The second kappa shape index (κ2) is 6.92. The molecule has 0 spiro atoms. The van der Waals surface area contributed by atoms with Crippen molar-refractivity contribution in [3.05, 3.63) is 46.8 Å². The molecule has 2 aromatic rings. The van der Waals surface area contributed by atoms with Crippen LogP contribution in [0.2, 0.25) is 0 Å². The molecule has 0 N–H and O–H groups in total. The molecule has 7 heteroatoms. The quantitative estimate of drug-likeness (QED) is 0.765. The number of anilines is 1. The number of hydrogen-bond acceptors (Lipinski definition) is 4. The first-order valence-electron chi connectivity index (χ1n) is 8.01. The van der Waals surface area contributed by atoms with Gasteiger partial charge >= 0.3 is 5.97 Å². The van der Waals surface area contributed by atoms with Crippen molar-refractivity contribution in [3.8, 4) is 0 Å². The second-order valence-corrected chi connectivity index (χ2v) is 7.89. The zero-order valence-corrected chi connectivity index (χ0v) is 16.3. The van der Waals surface area contributed by atoms with Crippen molar-refractivity contribution in [1.29, 1.82) is 0 Å². The number of sulfonamides is 1. The van der Waals surface area contributed by atoms with E-state index >= 15 is 0 Å². The molecule has 6 nitrogen and oxygen atoms in total. The van der Waals surface area contributed by atoms with E-state index in [2.05, 4.69) is 0 Å². The second-order valence-electron chi connectivity index (χ2n) is 5.98. The Balaban J connectivity index is 2.61. The zero-order chi connectivity index (χ0) is 18.9. The number of esters is 1. The number of hydrogen-bond donors (Lipinski definition) is 0. The van der Waals surface area contributed by atoms with Gasteiger partial charge in [-0.05, 0) is 45.4 Å². The Morgan fingerprint density at radius 2 is 1.88 bits per heavy atom. The van der Waals surface area contributed by atoms with Gasteiger partial charge in [0.1, 0.15) is 10.6 Å². The Labute approximate surface area is 149 Å². The SMILES string of the molecule is CCOC(=O)c1c(C)c(S(=O)(=O)N(C)c2cccc(C)c2)c(C)n1C. The zero-order valence-electron chi connectivity index (χ0n) is 15.5. The van der Waals surface area contributed by atoms with Gasteiger partial charge in [0.25, 0.3) is 10.0 Å². The van der Waals surface area contributed by atoms with Crippen molar-refractivity contribution in [2.45, 2.75) is 32.6 Å². The van der Waals surface area contributed by atoms with Gasteiger partial charge in [-0.3, -0.25) is 4.31 Å². The van der Waals surface area contributed by atoms with Crippen molar-refractivity contribution in [2.75, 3.05) is 18.0 Å². The van der Waals surface area contributed by atoms with Crippen LogP contribution in [-0.4, -0.2) is 32.6 Å². The van der Waals surface area contributed by atoms with Gasteiger partial charge in [-0.2, -0.15) is 0 Å². The largest absolute Gasteiger partial charge is 0.461 e. The van der Waals surface area contributed by atoms with Crippen LogP contribution in [0.4, 0.5) is 5.69 Å². The van der Waals surface area contributed by atoms with Gasteiger partial charge in [0, 0.05) is 25.4 Å². The Morgan fingerprint density at radius 3 is 2.44 bits per heavy atom. The van der Waals surface area contributed by atoms with Gasteiger partial charge < -0.3 is 9.30 Å². The van der Waals surface area contributed by atoms with E-state index in [-0.39, 0.29) is 17.2 Å². The van der Waals surface area contributed by atoms with Gasteiger partial charge in [0.05, 0.1) is 12.3 Å². The monoisotopic (exact) mass is 364 g/mol. The van der Waals surface area contributed by atoms with Crippen molar-refractivity contribution in [2.24, 2.45) is 7.05 Å². The number of aryl methyl sites for hydroxylation is 1. The predicted molar refractivity (Wildman–Crippen MR) is 97.6 cm³/mol. The van der Waals surface area contributed by atoms with E-state index in [1.165, 1.54) is 11.4 Å². The lowest BCUT2D eigenvalue weighted by Gasteiger charge is -2.20. The summed E-state index contributed by atoms with van der Waals surface area (Å²) in [7, 11) is -0.635. The molecule has 1 aromatic carbocycles. The van der Waals surface area contributed by atoms with Crippen LogP contribution in [-0.2, 0) is 21.8 Å². The van der Waals surface area contributed by atoms with E-state index in [1.54, 1.807) is 44.5 Å². The molecular formula is C18H24N2O4S. The molecule has 0 unspecified atom stereocenters. The highest BCUT2D eigenvalue weighted by Gasteiger charge is 2.32. The summed E-state index contributed by atoms with van der Waals surface area (Å²) in [5, 5.41) is 0. The first kappa shape index (κ1) is 19.1. The summed E-state index contributed by atoms with van der Waals surface area (Å²) < 4.78 is 34.3. The fourth-order valence-electron chi connectivity index (χ4n) is 2.92. The Morgan fingerprint density at radius 1 is 1.24 bits per heavy atom. The summed E-state index contributed by atoms with van der Waals surface area (Å²) in [6, 6.07) is 7.26. The van der Waals surface area contributed by atoms with Crippen LogP contribution in [0.15, 0.2) is 29.2 Å². The summed E-state index contributed by atoms with van der Waals surface area (Å²) in [5.41, 5.74) is 2.70. The highest BCUT2D eigenvalue weighted by atomic mass is 32.2. The van der Waals surface area contributed by atoms with Crippen molar-refractivity contribution in [3.63, 3.8) is 0 Å². The van der Waals surface area contributed by atoms with E-state index < -0.39 is 16.0 Å². The molecule has 0 amide bonds. The topological polar surface area (TPSA) is 68.6 Å². The first-order valence-corrected chi connectivity index (χ1v) is 9.45. The Hall–Kier alpha value is -2.28. The lowest BCUT2D eigenvalue weighted by atomic mass is 10.2. The summed E-state index contributed by atoms with van der Waals surface area (Å²) in [6.45, 7) is 7.17. The predicted octanol–water partition coefficient (Wildman–Crippen LogP) is 2.95.